The Morgan fingerprint density at radius 1 is 1.04 bits per heavy atom. The third kappa shape index (κ3) is 5.95. The van der Waals surface area contributed by atoms with Crippen LogP contribution in [-0.4, -0.2) is 32.0 Å². The Hall–Kier alpha value is -2.82. The van der Waals surface area contributed by atoms with Gasteiger partial charge in [0, 0.05) is 19.2 Å². The summed E-state index contributed by atoms with van der Waals surface area (Å²) in [6.45, 7) is 2.04. The molecule has 2 aromatic rings. The molecule has 2 aromatic carbocycles. The Bertz CT molecular complexity index is 684. The van der Waals surface area contributed by atoms with Crippen LogP contribution in [0.4, 0.5) is 5.69 Å². The lowest BCUT2D eigenvalue weighted by atomic mass is 10.1. The fraction of sp³-hybridized carbons (Fsp3) is 0.300. The van der Waals surface area contributed by atoms with Gasteiger partial charge in [-0.15, -0.1) is 0 Å². The molecule has 0 unspecified atom stereocenters. The van der Waals surface area contributed by atoms with Crippen molar-refractivity contribution in [1.82, 2.24) is 5.32 Å². The summed E-state index contributed by atoms with van der Waals surface area (Å²) >= 11 is 0. The van der Waals surface area contributed by atoms with Crippen LogP contribution in [0.15, 0.2) is 54.6 Å². The number of nitrogens with one attached hydrogen (secondary N) is 1. The average Bonchev–Trinajstić information content (AvgIpc) is 2.64. The third-order valence-corrected chi connectivity index (χ3v) is 3.87. The first-order valence-electron chi connectivity index (χ1n) is 8.33. The quantitative estimate of drug-likeness (QED) is 0.752. The van der Waals surface area contributed by atoms with Crippen LogP contribution < -0.4 is 15.0 Å². The van der Waals surface area contributed by atoms with Crippen molar-refractivity contribution in [3.05, 3.63) is 60.2 Å². The fourth-order valence-corrected chi connectivity index (χ4v) is 2.51. The molecule has 132 valence electrons. The van der Waals surface area contributed by atoms with Crippen LogP contribution in [0.1, 0.15) is 18.9 Å². The highest BCUT2D eigenvalue weighted by Gasteiger charge is 2.15. The highest BCUT2D eigenvalue weighted by atomic mass is 16.5. The van der Waals surface area contributed by atoms with Crippen molar-refractivity contribution in [3.8, 4) is 5.75 Å². The molecular formula is C20H24N2O3. The number of amides is 2. The van der Waals surface area contributed by atoms with E-state index in [0.717, 1.165) is 12.8 Å². The smallest absolute Gasteiger partial charge is 0.240 e. The van der Waals surface area contributed by atoms with Gasteiger partial charge in [0.25, 0.3) is 0 Å². The molecule has 0 aliphatic carbocycles. The molecule has 0 radical (unpaired) electrons. The number of methoxy groups -OCH3 is 1. The second-order valence-electron chi connectivity index (χ2n) is 5.74. The van der Waals surface area contributed by atoms with Gasteiger partial charge < -0.3 is 15.0 Å². The fourth-order valence-electron chi connectivity index (χ4n) is 2.51. The molecule has 0 aromatic heterocycles. The van der Waals surface area contributed by atoms with Crippen LogP contribution >= 0.6 is 0 Å². The summed E-state index contributed by atoms with van der Waals surface area (Å²) in [6.07, 6.45) is 1.77. The van der Waals surface area contributed by atoms with E-state index >= 15 is 0 Å². The van der Waals surface area contributed by atoms with Crippen LogP contribution in [-0.2, 0) is 16.0 Å². The van der Waals surface area contributed by atoms with Crippen molar-refractivity contribution in [2.24, 2.45) is 0 Å². The maximum Gasteiger partial charge on any atom is 0.240 e. The number of nitrogens with zero attached hydrogens (tertiary/aromatic N) is 1. The van der Waals surface area contributed by atoms with Crippen molar-refractivity contribution >= 4 is 17.5 Å². The molecule has 0 aliphatic heterocycles. The van der Waals surface area contributed by atoms with Crippen LogP contribution in [0.25, 0.3) is 0 Å². The summed E-state index contributed by atoms with van der Waals surface area (Å²) in [7, 11) is 1.58. The van der Waals surface area contributed by atoms with E-state index in [0.29, 0.717) is 18.0 Å². The van der Waals surface area contributed by atoms with Gasteiger partial charge in [-0.05, 0) is 42.7 Å². The number of aryl methyl sites for hydroxylation is 1. The van der Waals surface area contributed by atoms with Crippen LogP contribution in [0.5, 0.6) is 5.75 Å². The number of hydrogen-bond donors (Lipinski definition) is 1. The Kier molecular flexibility index (Phi) is 7.01. The van der Waals surface area contributed by atoms with Gasteiger partial charge in [0.05, 0.1) is 7.11 Å². The lowest BCUT2D eigenvalue weighted by molar-refractivity contribution is -0.123. The van der Waals surface area contributed by atoms with Gasteiger partial charge in [0.2, 0.25) is 11.8 Å². The van der Waals surface area contributed by atoms with E-state index in [2.05, 4.69) is 17.4 Å². The summed E-state index contributed by atoms with van der Waals surface area (Å²) in [5.74, 6) is 0.362. The van der Waals surface area contributed by atoms with E-state index in [4.69, 9.17) is 4.74 Å². The number of carbonyl (C=O) groups excluding carboxylic acids is 2. The Balaban J connectivity index is 1.82. The average molecular weight is 340 g/mol. The Morgan fingerprint density at radius 2 is 1.72 bits per heavy atom. The molecule has 0 saturated heterocycles. The van der Waals surface area contributed by atoms with Crippen molar-refractivity contribution in [1.29, 1.82) is 0 Å². The second-order valence-corrected chi connectivity index (χ2v) is 5.74. The zero-order valence-electron chi connectivity index (χ0n) is 14.7. The Morgan fingerprint density at radius 3 is 2.32 bits per heavy atom. The molecule has 25 heavy (non-hydrogen) atoms. The highest BCUT2D eigenvalue weighted by molar-refractivity contribution is 5.97. The monoisotopic (exact) mass is 340 g/mol. The molecular weight excluding hydrogens is 316 g/mol. The number of ether oxygens (including phenoxy) is 1. The molecule has 0 aliphatic rings. The van der Waals surface area contributed by atoms with Crippen LogP contribution in [0.2, 0.25) is 0 Å². The molecule has 5 heteroatoms. The van der Waals surface area contributed by atoms with E-state index in [1.807, 2.05) is 18.2 Å². The van der Waals surface area contributed by atoms with Crippen molar-refractivity contribution < 1.29 is 14.3 Å². The van der Waals surface area contributed by atoms with Gasteiger partial charge in [-0.2, -0.15) is 0 Å². The van der Waals surface area contributed by atoms with Gasteiger partial charge >= 0.3 is 0 Å². The predicted octanol–water partition coefficient (Wildman–Crippen LogP) is 2.80. The predicted molar refractivity (Wildman–Crippen MR) is 98.8 cm³/mol. The minimum absolute atomic E-state index is 0.00694. The van der Waals surface area contributed by atoms with Gasteiger partial charge in [0.15, 0.2) is 0 Å². The second kappa shape index (κ2) is 9.47. The largest absolute Gasteiger partial charge is 0.497 e. The van der Waals surface area contributed by atoms with Crippen molar-refractivity contribution in [2.75, 3.05) is 25.1 Å². The molecule has 2 amide bonds. The van der Waals surface area contributed by atoms with Gasteiger partial charge in [-0.25, -0.2) is 0 Å². The normalized spacial score (nSPS) is 10.2. The van der Waals surface area contributed by atoms with E-state index in [1.165, 1.54) is 17.4 Å². The zero-order valence-corrected chi connectivity index (χ0v) is 14.7. The van der Waals surface area contributed by atoms with Gasteiger partial charge in [0.1, 0.15) is 12.3 Å². The Labute approximate surface area is 148 Å². The third-order valence-electron chi connectivity index (χ3n) is 3.87. The van der Waals surface area contributed by atoms with Crippen LogP contribution in [0, 0.1) is 0 Å². The minimum Gasteiger partial charge on any atom is -0.497 e. The topological polar surface area (TPSA) is 58.6 Å². The summed E-state index contributed by atoms with van der Waals surface area (Å²) in [5.41, 5.74) is 1.92. The summed E-state index contributed by atoms with van der Waals surface area (Å²) in [5, 5.41) is 2.87. The van der Waals surface area contributed by atoms with E-state index < -0.39 is 0 Å². The number of anilines is 1. The molecule has 0 spiro atoms. The molecule has 0 fully saturated rings. The molecule has 0 bridgehead atoms. The lowest BCUT2D eigenvalue weighted by Gasteiger charge is -2.21. The molecule has 2 rings (SSSR count). The SMILES string of the molecule is COc1ccc(N(CC(=O)NCCCc2ccccc2)C(C)=O)cc1. The highest BCUT2D eigenvalue weighted by Crippen LogP contribution is 2.19. The van der Waals surface area contributed by atoms with Gasteiger partial charge in [-0.1, -0.05) is 30.3 Å². The summed E-state index contributed by atoms with van der Waals surface area (Å²) in [6, 6.07) is 17.2. The first-order valence-corrected chi connectivity index (χ1v) is 8.33. The molecule has 0 atom stereocenters. The van der Waals surface area contributed by atoms with Crippen molar-refractivity contribution in [3.63, 3.8) is 0 Å². The van der Waals surface area contributed by atoms with E-state index in [1.54, 1.807) is 31.4 Å². The first-order chi connectivity index (χ1) is 12.1. The maximum absolute atomic E-state index is 12.1. The lowest BCUT2D eigenvalue weighted by Crippen LogP contribution is -2.40. The molecule has 0 saturated carbocycles. The minimum atomic E-state index is -0.176. The standard InChI is InChI=1S/C20H24N2O3/c1-16(23)22(18-10-12-19(25-2)13-11-18)15-20(24)21-14-6-9-17-7-4-3-5-8-17/h3-5,7-8,10-13H,6,9,14-15H2,1-2H3,(H,21,24). The number of hydrogen-bond acceptors (Lipinski definition) is 3. The number of benzene rings is 2. The maximum atomic E-state index is 12.1. The first kappa shape index (κ1) is 18.5. The molecule has 5 nitrogen and oxygen atoms in total. The summed E-state index contributed by atoms with van der Waals surface area (Å²) < 4.78 is 5.11. The van der Waals surface area contributed by atoms with Crippen LogP contribution in [0.3, 0.4) is 0 Å². The molecule has 1 N–H and O–H groups in total. The van der Waals surface area contributed by atoms with Crippen molar-refractivity contribution in [2.45, 2.75) is 19.8 Å². The summed E-state index contributed by atoms with van der Waals surface area (Å²) in [4.78, 5) is 25.5. The molecule has 0 heterocycles. The van der Waals surface area contributed by atoms with E-state index in [-0.39, 0.29) is 18.4 Å². The van der Waals surface area contributed by atoms with Gasteiger partial charge in [-0.3, -0.25) is 9.59 Å². The number of carbonyl (C=O) groups is 2. The number of rotatable bonds is 8. The van der Waals surface area contributed by atoms with E-state index in [9.17, 15) is 9.59 Å². The zero-order chi connectivity index (χ0) is 18.1.